The molecule has 0 aromatic rings. The molecule has 0 aliphatic rings. The molecule has 0 saturated heterocycles. The minimum absolute atomic E-state index is 0. The SMILES string of the molecule is O.O.[O]=[Ni]. The number of rotatable bonds is 0. The molecule has 0 spiro atoms. The molecule has 0 fully saturated rings. The van der Waals surface area contributed by atoms with Gasteiger partial charge in [0.25, 0.3) is 0 Å². The van der Waals surface area contributed by atoms with Gasteiger partial charge in [0.2, 0.25) is 0 Å². The van der Waals surface area contributed by atoms with Crippen LogP contribution in [0, 0.1) is 0 Å². The third-order valence-electron chi connectivity index (χ3n) is 0. The van der Waals surface area contributed by atoms with E-state index < -0.39 is 0 Å². The third-order valence-corrected chi connectivity index (χ3v) is 0. The zero-order valence-electron chi connectivity index (χ0n) is 1.72. The van der Waals surface area contributed by atoms with E-state index in [4.69, 9.17) is 3.90 Å². The molecule has 32 valence electrons. The molecule has 0 aliphatic heterocycles. The molecule has 4 heavy (non-hydrogen) atoms. The molecule has 0 unspecified atom stereocenters. The Morgan fingerprint density at radius 3 is 1.00 bits per heavy atom. The molecule has 4 N–H and O–H groups in total. The van der Waals surface area contributed by atoms with Crippen LogP contribution in [-0.4, -0.2) is 11.0 Å². The van der Waals surface area contributed by atoms with Crippen molar-refractivity contribution in [2.75, 3.05) is 0 Å². The fourth-order valence-electron chi connectivity index (χ4n) is 0. The van der Waals surface area contributed by atoms with Crippen molar-refractivity contribution in [2.45, 2.75) is 0 Å². The molecule has 0 rings (SSSR count). The van der Waals surface area contributed by atoms with Crippen LogP contribution in [0.15, 0.2) is 0 Å². The van der Waals surface area contributed by atoms with E-state index in [1.165, 1.54) is 0 Å². The van der Waals surface area contributed by atoms with Crippen LogP contribution < -0.4 is 0 Å². The van der Waals surface area contributed by atoms with E-state index in [0.29, 0.717) is 0 Å². The van der Waals surface area contributed by atoms with Crippen molar-refractivity contribution < 1.29 is 30.2 Å². The summed E-state index contributed by atoms with van der Waals surface area (Å²) in [6, 6.07) is 0. The zero-order chi connectivity index (χ0) is 2.00. The van der Waals surface area contributed by atoms with Gasteiger partial charge in [-0.25, -0.2) is 0 Å². The third kappa shape index (κ3) is 71.5. The molecule has 0 saturated carbocycles. The van der Waals surface area contributed by atoms with Crippen molar-refractivity contribution in [2.24, 2.45) is 0 Å². The first kappa shape index (κ1) is 29.5. The molecule has 0 aromatic carbocycles. The van der Waals surface area contributed by atoms with E-state index >= 15 is 0 Å². The number of hydrogen-bond donors (Lipinski definition) is 0. The second-order valence-corrected chi connectivity index (χ2v) is 0. The Bertz CT molecular complexity index is 3.25. The van der Waals surface area contributed by atoms with Gasteiger partial charge in [-0.3, -0.25) is 0 Å². The molecule has 3 nitrogen and oxygen atoms in total. The summed E-state index contributed by atoms with van der Waals surface area (Å²) in [5, 5.41) is 0. The Labute approximate surface area is 31.2 Å². The molecule has 0 amide bonds. The van der Waals surface area contributed by atoms with Gasteiger partial charge in [-0.05, 0) is 0 Å². The van der Waals surface area contributed by atoms with Crippen molar-refractivity contribution in [1.82, 2.24) is 0 Å². The molecule has 0 aliphatic carbocycles. The van der Waals surface area contributed by atoms with Crippen molar-refractivity contribution >= 4 is 0 Å². The van der Waals surface area contributed by atoms with E-state index in [1.54, 1.807) is 0 Å². The second-order valence-electron chi connectivity index (χ2n) is 0. The van der Waals surface area contributed by atoms with Crippen molar-refractivity contribution in [3.8, 4) is 0 Å². The zero-order valence-corrected chi connectivity index (χ0v) is 2.71. The van der Waals surface area contributed by atoms with Gasteiger partial charge in [0.1, 0.15) is 0 Å². The van der Waals surface area contributed by atoms with E-state index in [1.807, 2.05) is 0 Å². The van der Waals surface area contributed by atoms with Gasteiger partial charge in [-0.2, -0.15) is 0 Å². The Morgan fingerprint density at radius 2 is 1.00 bits per heavy atom. The molecular weight excluding hydrogens is 107 g/mol. The maximum absolute atomic E-state index is 7.88. The Balaban J connectivity index is -0.00000000500. The van der Waals surface area contributed by atoms with Crippen LogP contribution in [0.5, 0.6) is 0 Å². The van der Waals surface area contributed by atoms with Gasteiger partial charge in [0.15, 0.2) is 0 Å². The van der Waals surface area contributed by atoms with Gasteiger partial charge < -0.3 is 11.0 Å². The summed E-state index contributed by atoms with van der Waals surface area (Å²) < 4.78 is 7.88. The van der Waals surface area contributed by atoms with E-state index in [9.17, 15) is 0 Å². The van der Waals surface area contributed by atoms with Gasteiger partial charge in [-0.15, -0.1) is 0 Å². The molecular formula is H4NiO3. The minimum atomic E-state index is 0. The quantitative estimate of drug-likeness (QED) is 0.340. The molecule has 4 heteroatoms. The fourth-order valence-corrected chi connectivity index (χ4v) is 0. The first-order chi connectivity index (χ1) is 1.00. The van der Waals surface area contributed by atoms with E-state index in [2.05, 4.69) is 15.4 Å². The van der Waals surface area contributed by atoms with Crippen LogP contribution in [0.2, 0.25) is 0 Å². The van der Waals surface area contributed by atoms with Crippen LogP contribution >= 0.6 is 0 Å². The fraction of sp³-hybridized carbons (Fsp3) is 0. The first-order valence-corrected chi connectivity index (χ1v) is 0.532. The monoisotopic (exact) mass is 110 g/mol. The molecule has 0 atom stereocenters. The average Bonchev–Trinajstić information content (AvgIpc) is 1.00. The summed E-state index contributed by atoms with van der Waals surface area (Å²) in [5.41, 5.74) is 0. The summed E-state index contributed by atoms with van der Waals surface area (Å²) in [7, 11) is 0. The molecule has 0 bridgehead atoms. The van der Waals surface area contributed by atoms with Crippen LogP contribution in [-0.2, 0) is 19.3 Å². The molecule has 0 heterocycles. The van der Waals surface area contributed by atoms with Crippen LogP contribution in [0.3, 0.4) is 0 Å². The molecule has 0 radical (unpaired) electrons. The van der Waals surface area contributed by atoms with Gasteiger partial charge >= 0.3 is 19.3 Å². The predicted molar refractivity (Wildman–Crippen MR) is 7.91 cm³/mol. The summed E-state index contributed by atoms with van der Waals surface area (Å²) in [6.45, 7) is 0. The standard InChI is InChI=1S/Ni.2H2O.O/h;2*1H2;. The maximum atomic E-state index is 7.88. The van der Waals surface area contributed by atoms with Crippen molar-refractivity contribution in [1.29, 1.82) is 0 Å². The Kier molecular flexibility index (Phi) is 2550. The predicted octanol–water partition coefficient (Wildman–Crippen LogP) is -1.77. The number of hydrogen-bond acceptors (Lipinski definition) is 1. The first-order valence-electron chi connectivity index (χ1n) is 0.129. The van der Waals surface area contributed by atoms with Gasteiger partial charge in [-0.1, -0.05) is 0 Å². The summed E-state index contributed by atoms with van der Waals surface area (Å²) in [5.74, 6) is 0. The molecule has 0 aromatic heterocycles. The van der Waals surface area contributed by atoms with Crippen LogP contribution in [0.1, 0.15) is 0 Å². The van der Waals surface area contributed by atoms with E-state index in [0.717, 1.165) is 0 Å². The van der Waals surface area contributed by atoms with Crippen molar-refractivity contribution in [3.63, 3.8) is 0 Å². The Morgan fingerprint density at radius 1 is 1.00 bits per heavy atom. The van der Waals surface area contributed by atoms with E-state index in [-0.39, 0.29) is 11.0 Å². The normalized spacial score (nSPS) is 1.50. The average molecular weight is 111 g/mol. The van der Waals surface area contributed by atoms with Gasteiger partial charge in [0, 0.05) is 0 Å². The summed E-state index contributed by atoms with van der Waals surface area (Å²) >= 11 is 2.62. The van der Waals surface area contributed by atoms with Crippen molar-refractivity contribution in [3.05, 3.63) is 0 Å². The van der Waals surface area contributed by atoms with Gasteiger partial charge in [0.05, 0.1) is 0 Å². The Hall–Kier alpha value is 0.214. The van der Waals surface area contributed by atoms with Crippen LogP contribution in [0.25, 0.3) is 0 Å². The van der Waals surface area contributed by atoms with Crippen LogP contribution in [0.4, 0.5) is 0 Å². The second kappa shape index (κ2) is 345. The summed E-state index contributed by atoms with van der Waals surface area (Å²) in [6.07, 6.45) is 0. The summed E-state index contributed by atoms with van der Waals surface area (Å²) in [4.78, 5) is 0. The topological polar surface area (TPSA) is 80.1 Å².